The zero-order chi connectivity index (χ0) is 16.8. The molecule has 5 heteroatoms. The summed E-state index contributed by atoms with van der Waals surface area (Å²) in [7, 11) is 1.91. The van der Waals surface area contributed by atoms with Gasteiger partial charge in [-0.2, -0.15) is 5.10 Å². The Hall–Kier alpha value is -2.30. The van der Waals surface area contributed by atoms with Gasteiger partial charge in [0.25, 0.3) is 0 Å². The Bertz CT molecular complexity index is 756. The van der Waals surface area contributed by atoms with E-state index < -0.39 is 5.60 Å². The molecule has 0 radical (unpaired) electrons. The van der Waals surface area contributed by atoms with Crippen molar-refractivity contribution in [2.45, 2.75) is 39.7 Å². The van der Waals surface area contributed by atoms with E-state index in [1.807, 2.05) is 46.3 Å². The lowest BCUT2D eigenvalue weighted by molar-refractivity contribution is 0.0584. The number of nitrogens with zero attached hydrogens (tertiary/aromatic N) is 3. The summed E-state index contributed by atoms with van der Waals surface area (Å²) in [6.45, 7) is 8.44. The molecule has 1 aliphatic rings. The molecule has 0 unspecified atom stereocenters. The molecule has 0 saturated heterocycles. The van der Waals surface area contributed by atoms with E-state index in [0.29, 0.717) is 6.54 Å². The highest BCUT2D eigenvalue weighted by Crippen LogP contribution is 2.36. The number of fused-ring (bicyclic) bond motifs is 1. The molecule has 0 fully saturated rings. The van der Waals surface area contributed by atoms with Crippen LogP contribution in [-0.2, 0) is 18.2 Å². The topological polar surface area (TPSA) is 47.4 Å². The van der Waals surface area contributed by atoms with Crippen LogP contribution in [0.25, 0.3) is 11.1 Å². The zero-order valence-electron chi connectivity index (χ0n) is 14.4. The highest BCUT2D eigenvalue weighted by atomic mass is 16.6. The molecule has 2 aromatic rings. The van der Waals surface area contributed by atoms with Crippen LogP contribution in [0, 0.1) is 6.92 Å². The molecule has 1 aromatic carbocycles. The fraction of sp³-hybridized carbons (Fsp3) is 0.444. The summed E-state index contributed by atoms with van der Waals surface area (Å²) < 4.78 is 7.31. The summed E-state index contributed by atoms with van der Waals surface area (Å²) in [6, 6.07) is 4.08. The molecule has 0 bridgehead atoms. The fourth-order valence-corrected chi connectivity index (χ4v) is 3.03. The molecule has 3 rings (SSSR count). The summed E-state index contributed by atoms with van der Waals surface area (Å²) >= 11 is 0. The van der Waals surface area contributed by atoms with Crippen molar-refractivity contribution >= 4 is 11.8 Å². The molecule has 2 heterocycles. The van der Waals surface area contributed by atoms with Gasteiger partial charge in [-0.3, -0.25) is 9.58 Å². The van der Waals surface area contributed by atoms with Crippen molar-refractivity contribution in [3.05, 3.63) is 35.7 Å². The van der Waals surface area contributed by atoms with Gasteiger partial charge in [0.05, 0.1) is 11.9 Å². The first-order valence-electron chi connectivity index (χ1n) is 7.88. The minimum atomic E-state index is -0.482. The molecular weight excluding hydrogens is 290 g/mol. The minimum Gasteiger partial charge on any atom is -0.443 e. The number of carbonyl (C=O) groups excluding carboxylic acids is 1. The Morgan fingerprint density at radius 1 is 1.30 bits per heavy atom. The van der Waals surface area contributed by atoms with Gasteiger partial charge in [-0.05, 0) is 56.9 Å². The van der Waals surface area contributed by atoms with Crippen molar-refractivity contribution in [1.29, 1.82) is 0 Å². The van der Waals surface area contributed by atoms with E-state index in [0.717, 1.165) is 17.7 Å². The standard InChI is InChI=1S/C18H23N3O2/c1-12-14(13-10-19-20(5)11-13)6-7-16-15(12)8-9-21(16)17(22)23-18(2,3)4/h6-7,10-11H,8-9H2,1-5H3. The number of aryl methyl sites for hydroxylation is 1. The number of anilines is 1. The number of amides is 1. The Balaban J connectivity index is 1.94. The second-order valence-corrected chi connectivity index (χ2v) is 7.02. The fourth-order valence-electron chi connectivity index (χ4n) is 3.03. The molecule has 5 nitrogen and oxygen atoms in total. The van der Waals surface area contributed by atoms with Gasteiger partial charge in [0.1, 0.15) is 5.60 Å². The maximum Gasteiger partial charge on any atom is 0.414 e. The van der Waals surface area contributed by atoms with E-state index in [2.05, 4.69) is 18.1 Å². The lowest BCUT2D eigenvalue weighted by Crippen LogP contribution is -2.35. The molecule has 0 aliphatic carbocycles. The van der Waals surface area contributed by atoms with E-state index in [9.17, 15) is 4.79 Å². The number of aromatic nitrogens is 2. The summed E-state index contributed by atoms with van der Waals surface area (Å²) in [4.78, 5) is 14.1. The average Bonchev–Trinajstić information content (AvgIpc) is 3.04. The van der Waals surface area contributed by atoms with Crippen LogP contribution < -0.4 is 4.90 Å². The molecule has 0 spiro atoms. The highest BCUT2D eigenvalue weighted by molar-refractivity contribution is 5.92. The third-order valence-electron chi connectivity index (χ3n) is 4.08. The summed E-state index contributed by atoms with van der Waals surface area (Å²) in [5.74, 6) is 0. The van der Waals surface area contributed by atoms with Crippen LogP contribution in [0.4, 0.5) is 10.5 Å². The number of carbonyl (C=O) groups is 1. The molecule has 0 saturated carbocycles. The van der Waals surface area contributed by atoms with Crippen molar-refractivity contribution in [2.24, 2.45) is 7.05 Å². The van der Waals surface area contributed by atoms with Gasteiger partial charge in [0.15, 0.2) is 0 Å². The van der Waals surface area contributed by atoms with Crippen LogP contribution in [0.3, 0.4) is 0 Å². The zero-order valence-corrected chi connectivity index (χ0v) is 14.4. The third kappa shape index (κ3) is 2.96. The van der Waals surface area contributed by atoms with Crippen LogP contribution in [0.5, 0.6) is 0 Å². The first-order valence-corrected chi connectivity index (χ1v) is 7.88. The Labute approximate surface area is 136 Å². The van der Waals surface area contributed by atoms with Crippen molar-refractivity contribution in [1.82, 2.24) is 9.78 Å². The van der Waals surface area contributed by atoms with Crippen LogP contribution in [-0.4, -0.2) is 28.0 Å². The first-order chi connectivity index (χ1) is 10.8. The molecule has 23 heavy (non-hydrogen) atoms. The van der Waals surface area contributed by atoms with Gasteiger partial charge < -0.3 is 4.74 Å². The number of hydrogen-bond acceptors (Lipinski definition) is 3. The quantitative estimate of drug-likeness (QED) is 0.806. The molecule has 1 aliphatic heterocycles. The maximum atomic E-state index is 12.4. The molecule has 122 valence electrons. The first kappa shape index (κ1) is 15.6. The van der Waals surface area contributed by atoms with Crippen LogP contribution in [0.2, 0.25) is 0 Å². The molecule has 1 amide bonds. The smallest absolute Gasteiger partial charge is 0.414 e. The van der Waals surface area contributed by atoms with Gasteiger partial charge in [-0.15, -0.1) is 0 Å². The summed E-state index contributed by atoms with van der Waals surface area (Å²) in [6.07, 6.45) is 4.46. The van der Waals surface area contributed by atoms with Crippen LogP contribution in [0.1, 0.15) is 31.9 Å². The largest absolute Gasteiger partial charge is 0.443 e. The van der Waals surface area contributed by atoms with E-state index in [1.54, 1.807) is 9.58 Å². The highest BCUT2D eigenvalue weighted by Gasteiger charge is 2.30. The normalized spacial score (nSPS) is 14.0. The molecule has 0 atom stereocenters. The Morgan fingerprint density at radius 2 is 2.04 bits per heavy atom. The SMILES string of the molecule is Cc1c(-c2cnn(C)c2)ccc2c1CCN2C(=O)OC(C)(C)C. The van der Waals surface area contributed by atoms with E-state index in [4.69, 9.17) is 4.74 Å². The maximum absolute atomic E-state index is 12.4. The van der Waals surface area contributed by atoms with E-state index >= 15 is 0 Å². The average molecular weight is 313 g/mol. The van der Waals surface area contributed by atoms with E-state index in [-0.39, 0.29) is 6.09 Å². The van der Waals surface area contributed by atoms with Crippen molar-refractivity contribution in [2.75, 3.05) is 11.4 Å². The Morgan fingerprint density at radius 3 is 2.65 bits per heavy atom. The number of rotatable bonds is 1. The second-order valence-electron chi connectivity index (χ2n) is 7.02. The lowest BCUT2D eigenvalue weighted by atomic mass is 9.97. The Kier molecular flexibility index (Phi) is 3.66. The number of benzene rings is 1. The van der Waals surface area contributed by atoms with Crippen LogP contribution in [0.15, 0.2) is 24.5 Å². The minimum absolute atomic E-state index is 0.273. The van der Waals surface area contributed by atoms with E-state index in [1.165, 1.54) is 16.7 Å². The van der Waals surface area contributed by atoms with Crippen LogP contribution >= 0.6 is 0 Å². The summed E-state index contributed by atoms with van der Waals surface area (Å²) in [5, 5.41) is 4.24. The molecular formula is C18H23N3O2. The third-order valence-corrected chi connectivity index (χ3v) is 4.08. The van der Waals surface area contributed by atoms with Gasteiger partial charge in [-0.1, -0.05) is 6.07 Å². The van der Waals surface area contributed by atoms with Gasteiger partial charge >= 0.3 is 6.09 Å². The lowest BCUT2D eigenvalue weighted by Gasteiger charge is -2.25. The van der Waals surface area contributed by atoms with Crippen molar-refractivity contribution < 1.29 is 9.53 Å². The monoisotopic (exact) mass is 313 g/mol. The number of hydrogen-bond donors (Lipinski definition) is 0. The van der Waals surface area contributed by atoms with Gasteiger partial charge in [0.2, 0.25) is 0 Å². The van der Waals surface area contributed by atoms with Gasteiger partial charge in [-0.25, -0.2) is 4.79 Å². The summed E-state index contributed by atoms with van der Waals surface area (Å²) in [5.41, 5.74) is 5.18. The van der Waals surface area contributed by atoms with Crippen molar-refractivity contribution in [3.63, 3.8) is 0 Å². The predicted molar refractivity (Wildman–Crippen MR) is 90.7 cm³/mol. The molecule has 0 N–H and O–H groups in total. The predicted octanol–water partition coefficient (Wildman–Crippen LogP) is 3.69. The second kappa shape index (κ2) is 5.41. The van der Waals surface area contributed by atoms with Crippen molar-refractivity contribution in [3.8, 4) is 11.1 Å². The molecule has 1 aromatic heterocycles. The van der Waals surface area contributed by atoms with Gasteiger partial charge in [0, 0.05) is 25.4 Å². The number of ether oxygens (including phenoxy) is 1.